The maximum Gasteiger partial charge on any atom is 0.252 e. The molecule has 4 heteroatoms. The van der Waals surface area contributed by atoms with Gasteiger partial charge in [-0.15, -0.1) is 0 Å². The van der Waals surface area contributed by atoms with Crippen molar-refractivity contribution in [3.8, 4) is 0 Å². The van der Waals surface area contributed by atoms with Gasteiger partial charge in [0.25, 0.3) is 6.71 Å². The average molecular weight is 948 g/mol. The Kier molecular flexibility index (Phi) is 10.6. The minimum atomic E-state index is -0.391. The number of benzene rings is 7. The molecule has 2 unspecified atom stereocenters. The Balaban J connectivity index is 1.30. The third-order valence-electron chi connectivity index (χ3n) is 17.7. The van der Waals surface area contributed by atoms with E-state index in [1.165, 1.54) is 106 Å². The largest absolute Gasteiger partial charge is 0.330 e. The van der Waals surface area contributed by atoms with Gasteiger partial charge in [-0.1, -0.05) is 196 Å². The fraction of sp³-hybridized carbons (Fsp3) is 0.382. The van der Waals surface area contributed by atoms with Crippen molar-refractivity contribution in [3.63, 3.8) is 0 Å². The first-order chi connectivity index (χ1) is 33.6. The monoisotopic (exact) mass is 948 g/mol. The molecule has 11 rings (SSSR count). The van der Waals surface area contributed by atoms with E-state index in [0.717, 1.165) is 12.8 Å². The van der Waals surface area contributed by atoms with Crippen LogP contribution in [0.3, 0.4) is 0 Å². The van der Waals surface area contributed by atoms with Crippen LogP contribution in [-0.4, -0.2) is 6.71 Å². The number of rotatable bonds is 3. The van der Waals surface area contributed by atoms with Crippen LogP contribution in [-0.2, 0) is 44.4 Å². The normalized spacial score (nSPS) is 19.3. The van der Waals surface area contributed by atoms with Crippen molar-refractivity contribution in [1.29, 1.82) is 0 Å². The Morgan fingerprint density at radius 1 is 0.389 bits per heavy atom. The fourth-order valence-corrected chi connectivity index (χ4v) is 13.0. The van der Waals surface area contributed by atoms with Crippen LogP contribution in [0, 0.1) is 0 Å². The number of nitrogens with zero attached hydrogens (tertiary/aromatic N) is 3. The molecule has 0 saturated heterocycles. The van der Waals surface area contributed by atoms with Crippen molar-refractivity contribution >= 4 is 68.6 Å². The minimum absolute atomic E-state index is 0.00557. The van der Waals surface area contributed by atoms with Gasteiger partial charge in [-0.2, -0.15) is 0 Å². The van der Waals surface area contributed by atoms with E-state index in [1.54, 1.807) is 0 Å². The maximum atomic E-state index is 2.79. The van der Waals surface area contributed by atoms with E-state index in [0.29, 0.717) is 0 Å². The van der Waals surface area contributed by atoms with E-state index < -0.39 is 5.54 Å². The average Bonchev–Trinajstić information content (AvgIpc) is 3.52. The molecule has 0 amide bonds. The van der Waals surface area contributed by atoms with E-state index in [4.69, 9.17) is 0 Å². The zero-order valence-electron chi connectivity index (χ0n) is 46.6. The Bertz CT molecular complexity index is 3320. The molecule has 7 aromatic carbocycles. The molecule has 4 aliphatic rings. The van der Waals surface area contributed by atoms with Gasteiger partial charge in [-0.05, 0) is 162 Å². The van der Waals surface area contributed by atoms with Crippen molar-refractivity contribution in [2.24, 2.45) is 0 Å². The van der Waals surface area contributed by atoms with Crippen molar-refractivity contribution in [3.05, 3.63) is 184 Å². The van der Waals surface area contributed by atoms with Crippen LogP contribution in [0.5, 0.6) is 0 Å². The predicted octanol–water partition coefficient (Wildman–Crippen LogP) is 16.5. The van der Waals surface area contributed by atoms with Crippen molar-refractivity contribution in [2.75, 3.05) is 14.7 Å². The summed E-state index contributed by atoms with van der Waals surface area (Å²) >= 11 is 0. The Hall–Kier alpha value is -6.00. The summed E-state index contributed by atoms with van der Waals surface area (Å²) in [5.74, 6) is 0. The van der Waals surface area contributed by atoms with Gasteiger partial charge in [0.1, 0.15) is 0 Å². The van der Waals surface area contributed by atoms with Crippen LogP contribution in [0.15, 0.2) is 140 Å². The summed E-state index contributed by atoms with van der Waals surface area (Å²) in [7, 11) is 0. The van der Waals surface area contributed by atoms with Crippen LogP contribution in [0.2, 0.25) is 0 Å². The molecule has 3 nitrogen and oxygen atoms in total. The molecule has 0 bridgehead atoms. The highest BCUT2D eigenvalue weighted by Gasteiger charge is 2.60. The molecule has 72 heavy (non-hydrogen) atoms. The summed E-state index contributed by atoms with van der Waals surface area (Å²) in [4.78, 5) is 8.08. The quantitative estimate of drug-likeness (QED) is 0.163. The van der Waals surface area contributed by atoms with Crippen molar-refractivity contribution < 1.29 is 0 Å². The Morgan fingerprint density at radius 3 is 1.54 bits per heavy atom. The first-order valence-electron chi connectivity index (χ1n) is 26.9. The number of hydrogen-bond acceptors (Lipinski definition) is 3. The molecular formula is C68H78BN3. The number of aryl methyl sites for hydroxylation is 1. The minimum Gasteiger partial charge on any atom is -0.330 e. The second kappa shape index (κ2) is 15.8. The second-order valence-electron chi connectivity index (χ2n) is 27.5. The molecule has 0 radical (unpaired) electrons. The van der Waals surface area contributed by atoms with Gasteiger partial charge < -0.3 is 14.7 Å². The highest BCUT2D eigenvalue weighted by atomic mass is 15.3. The summed E-state index contributed by atoms with van der Waals surface area (Å²) in [5, 5.41) is 0. The smallest absolute Gasteiger partial charge is 0.252 e. The highest BCUT2D eigenvalue weighted by Crippen LogP contribution is 2.65. The molecule has 0 aromatic heterocycles. The molecule has 368 valence electrons. The van der Waals surface area contributed by atoms with Gasteiger partial charge in [0, 0.05) is 50.9 Å². The Morgan fingerprint density at radius 2 is 0.917 bits per heavy atom. The third kappa shape index (κ3) is 7.27. The third-order valence-corrected chi connectivity index (χ3v) is 17.7. The molecule has 0 N–H and O–H groups in total. The van der Waals surface area contributed by atoms with Crippen molar-refractivity contribution in [1.82, 2.24) is 0 Å². The summed E-state index contributed by atoms with van der Waals surface area (Å²) in [5.41, 5.74) is 24.4. The standard InChI is InChI=1S/C68H78BN3/c1-62(2,3)44-25-30-49(31-26-44)70-57-34-29-47(65(10,11)12)39-55(57)69-54-32-27-48(66(13,14)15)40-58(54)71(50-23-20-22-45(37-50)63(4,5)6)60-42-51(41-59(70)61(60)69)72-56-33-28-46(64(7,8)9)38-53(56)67(16)36-35-43-21-18-19-24-52(43)68(67,72)17/h18-34,37-42H,35-36H2,1-17H3. The lowest BCUT2D eigenvalue weighted by atomic mass is 9.33. The topological polar surface area (TPSA) is 9.72 Å². The van der Waals surface area contributed by atoms with Gasteiger partial charge in [-0.3, -0.25) is 0 Å². The molecule has 0 spiro atoms. The number of hydrogen-bond donors (Lipinski definition) is 0. The van der Waals surface area contributed by atoms with Crippen LogP contribution in [0.25, 0.3) is 0 Å². The molecule has 0 saturated carbocycles. The first-order valence-corrected chi connectivity index (χ1v) is 26.9. The van der Waals surface area contributed by atoms with Gasteiger partial charge >= 0.3 is 0 Å². The molecule has 7 aromatic rings. The van der Waals surface area contributed by atoms with Crippen LogP contribution < -0.4 is 31.1 Å². The van der Waals surface area contributed by atoms with Gasteiger partial charge in [0.2, 0.25) is 0 Å². The van der Waals surface area contributed by atoms with Gasteiger partial charge in [-0.25, -0.2) is 0 Å². The molecule has 0 fully saturated rings. The molecule has 1 aliphatic carbocycles. The van der Waals surface area contributed by atoms with Crippen molar-refractivity contribution in [2.45, 2.75) is 169 Å². The molecular weight excluding hydrogens is 870 g/mol. The first kappa shape index (κ1) is 48.3. The van der Waals surface area contributed by atoms with E-state index in [2.05, 4.69) is 272 Å². The summed E-state index contributed by atoms with van der Waals surface area (Å²) in [6, 6.07) is 55.8. The molecule has 2 atom stereocenters. The molecule has 3 heterocycles. The van der Waals surface area contributed by atoms with Crippen LogP contribution >= 0.6 is 0 Å². The van der Waals surface area contributed by atoms with Gasteiger partial charge in [0.05, 0.1) is 5.54 Å². The van der Waals surface area contributed by atoms with E-state index in [1.807, 2.05) is 0 Å². The van der Waals surface area contributed by atoms with E-state index >= 15 is 0 Å². The van der Waals surface area contributed by atoms with Gasteiger partial charge in [0.15, 0.2) is 0 Å². The van der Waals surface area contributed by atoms with E-state index in [-0.39, 0.29) is 39.2 Å². The summed E-state index contributed by atoms with van der Waals surface area (Å²) in [6.45, 7) is 40.3. The number of anilines is 8. The highest BCUT2D eigenvalue weighted by molar-refractivity contribution is 7.00. The lowest BCUT2D eigenvalue weighted by Crippen LogP contribution is -2.61. The summed E-state index contributed by atoms with van der Waals surface area (Å²) in [6.07, 6.45) is 2.13. The number of fused-ring (bicyclic) bond motifs is 9. The SMILES string of the molecule is CC(C)(C)c1ccc(N2c3ccc(C(C)(C)C)cc3B3c4ccc(C(C)(C)C)cc4N(c4cccc(C(C)(C)C)c4)c4cc(N5c6ccc(C(C)(C)C)cc6C6(C)CCc7ccccc7C56C)cc2c43)cc1. The fourth-order valence-electron chi connectivity index (χ4n) is 13.0. The Labute approximate surface area is 433 Å². The second-order valence-corrected chi connectivity index (χ2v) is 27.5. The summed E-state index contributed by atoms with van der Waals surface area (Å²) < 4.78 is 0. The van der Waals surface area contributed by atoms with E-state index in [9.17, 15) is 0 Å². The lowest BCUT2D eigenvalue weighted by molar-refractivity contribution is 0.245. The molecule has 3 aliphatic heterocycles. The zero-order chi connectivity index (χ0) is 51.5. The maximum absolute atomic E-state index is 2.79. The lowest BCUT2D eigenvalue weighted by Gasteiger charge is -2.52. The predicted molar refractivity (Wildman–Crippen MR) is 312 cm³/mol. The zero-order valence-corrected chi connectivity index (χ0v) is 46.6. The van der Waals surface area contributed by atoms with Crippen LogP contribution in [0.1, 0.15) is 169 Å². The van der Waals surface area contributed by atoms with Crippen LogP contribution in [0.4, 0.5) is 45.5 Å².